The summed E-state index contributed by atoms with van der Waals surface area (Å²) in [5, 5.41) is 0. The molecule has 0 aliphatic carbocycles. The Kier molecular flexibility index (Phi) is 5.36. The third kappa shape index (κ3) is 4.27. The van der Waals surface area contributed by atoms with Crippen molar-refractivity contribution in [1.29, 1.82) is 0 Å². The number of hydrogen-bond acceptors (Lipinski definition) is 2. The van der Waals surface area contributed by atoms with Gasteiger partial charge < -0.3 is 9.47 Å². The molecule has 0 atom stereocenters. The van der Waals surface area contributed by atoms with Crippen molar-refractivity contribution in [2.24, 2.45) is 0 Å². The molecule has 116 valence electrons. The first-order chi connectivity index (χ1) is 10.9. The highest BCUT2D eigenvalue weighted by Gasteiger charge is 2.10. The van der Waals surface area contributed by atoms with Crippen LogP contribution in [-0.2, 0) is 12.8 Å². The van der Waals surface area contributed by atoms with Gasteiger partial charge in [-0.15, -0.1) is 0 Å². The van der Waals surface area contributed by atoms with Gasteiger partial charge in [0, 0.05) is 6.07 Å². The van der Waals surface area contributed by atoms with Crippen molar-refractivity contribution < 1.29 is 9.47 Å². The fourth-order valence-electron chi connectivity index (χ4n) is 2.85. The lowest BCUT2D eigenvalue weighted by Gasteiger charge is -2.18. The summed E-state index contributed by atoms with van der Waals surface area (Å²) in [6, 6.07) is 16.9. The van der Waals surface area contributed by atoms with Gasteiger partial charge in [-0.05, 0) is 55.7 Å². The largest absolute Gasteiger partial charge is 0.493 e. The first kappa shape index (κ1) is 15.0. The van der Waals surface area contributed by atoms with Crippen LogP contribution in [0.1, 0.15) is 36.8 Å². The van der Waals surface area contributed by atoms with E-state index in [2.05, 4.69) is 42.5 Å². The van der Waals surface area contributed by atoms with Crippen molar-refractivity contribution in [2.45, 2.75) is 38.5 Å². The number of hydrogen-bond donors (Lipinski definition) is 0. The van der Waals surface area contributed by atoms with E-state index in [0.29, 0.717) is 0 Å². The summed E-state index contributed by atoms with van der Waals surface area (Å²) in [5.41, 5.74) is 2.73. The maximum atomic E-state index is 5.84. The van der Waals surface area contributed by atoms with Crippen LogP contribution < -0.4 is 9.47 Å². The maximum absolute atomic E-state index is 5.84. The number of aryl methyl sites for hydroxylation is 2. The average Bonchev–Trinajstić information content (AvgIpc) is 2.59. The minimum atomic E-state index is 0.785. The standard InChI is InChI=1S/C20H24O2/c1-3-8-17(9-4-1)10-5-2-6-14-21-19-13-12-18-11-7-15-22-20(18)16-19/h1,3-4,8-9,12-13,16H,2,5-7,10-11,14-15H2. The van der Waals surface area contributed by atoms with E-state index >= 15 is 0 Å². The molecule has 0 aromatic heterocycles. The molecule has 0 fully saturated rings. The molecule has 0 saturated carbocycles. The van der Waals surface area contributed by atoms with Crippen molar-refractivity contribution in [1.82, 2.24) is 0 Å². The van der Waals surface area contributed by atoms with Crippen molar-refractivity contribution in [2.75, 3.05) is 13.2 Å². The smallest absolute Gasteiger partial charge is 0.126 e. The van der Waals surface area contributed by atoms with Crippen LogP contribution >= 0.6 is 0 Å². The van der Waals surface area contributed by atoms with Crippen molar-refractivity contribution >= 4 is 0 Å². The highest BCUT2D eigenvalue weighted by Crippen LogP contribution is 2.29. The van der Waals surface area contributed by atoms with E-state index in [0.717, 1.165) is 50.4 Å². The third-order valence-corrected chi connectivity index (χ3v) is 4.11. The van der Waals surface area contributed by atoms with Crippen LogP contribution in [0.5, 0.6) is 11.5 Å². The molecule has 0 unspecified atom stereocenters. The van der Waals surface area contributed by atoms with E-state index in [1.807, 2.05) is 6.07 Å². The molecular weight excluding hydrogens is 272 g/mol. The second-order valence-corrected chi connectivity index (χ2v) is 5.87. The number of benzene rings is 2. The summed E-state index contributed by atoms with van der Waals surface area (Å²) in [6.07, 6.45) is 6.93. The molecule has 0 N–H and O–H groups in total. The van der Waals surface area contributed by atoms with E-state index in [-0.39, 0.29) is 0 Å². The zero-order chi connectivity index (χ0) is 15.0. The molecule has 22 heavy (non-hydrogen) atoms. The molecule has 2 nitrogen and oxygen atoms in total. The fraction of sp³-hybridized carbons (Fsp3) is 0.400. The van der Waals surface area contributed by atoms with Crippen LogP contribution in [0.3, 0.4) is 0 Å². The molecule has 0 amide bonds. The molecule has 1 aliphatic rings. The summed E-state index contributed by atoms with van der Waals surface area (Å²) in [4.78, 5) is 0. The molecule has 2 aromatic rings. The Morgan fingerprint density at radius 1 is 0.955 bits per heavy atom. The molecule has 1 heterocycles. The Hall–Kier alpha value is -1.96. The lowest BCUT2D eigenvalue weighted by atomic mass is 10.1. The zero-order valence-corrected chi connectivity index (χ0v) is 13.1. The van der Waals surface area contributed by atoms with Gasteiger partial charge in [0.25, 0.3) is 0 Å². The van der Waals surface area contributed by atoms with Crippen molar-refractivity contribution in [3.63, 3.8) is 0 Å². The van der Waals surface area contributed by atoms with Crippen molar-refractivity contribution in [3.05, 3.63) is 59.7 Å². The molecule has 0 saturated heterocycles. The van der Waals surface area contributed by atoms with Gasteiger partial charge in [-0.2, -0.15) is 0 Å². The highest BCUT2D eigenvalue weighted by atomic mass is 16.5. The lowest BCUT2D eigenvalue weighted by Crippen LogP contribution is -2.08. The molecule has 0 spiro atoms. The molecule has 2 aromatic carbocycles. The minimum Gasteiger partial charge on any atom is -0.493 e. The van der Waals surface area contributed by atoms with E-state index in [4.69, 9.17) is 9.47 Å². The van der Waals surface area contributed by atoms with Gasteiger partial charge in [0.15, 0.2) is 0 Å². The van der Waals surface area contributed by atoms with E-state index in [9.17, 15) is 0 Å². The molecule has 0 radical (unpaired) electrons. The summed E-state index contributed by atoms with van der Waals surface area (Å²) < 4.78 is 11.5. The molecule has 1 aliphatic heterocycles. The Labute approximate surface area is 133 Å². The lowest BCUT2D eigenvalue weighted by molar-refractivity contribution is 0.278. The van der Waals surface area contributed by atoms with Gasteiger partial charge in [0.1, 0.15) is 11.5 Å². The zero-order valence-electron chi connectivity index (χ0n) is 13.1. The normalized spacial score (nSPS) is 13.3. The monoisotopic (exact) mass is 296 g/mol. The number of unbranched alkanes of at least 4 members (excludes halogenated alkanes) is 2. The van der Waals surface area contributed by atoms with Crippen LogP contribution in [0.25, 0.3) is 0 Å². The predicted octanol–water partition coefficient (Wildman–Crippen LogP) is 4.80. The van der Waals surface area contributed by atoms with Crippen LogP contribution in [0.4, 0.5) is 0 Å². The predicted molar refractivity (Wildman–Crippen MR) is 89.8 cm³/mol. The second kappa shape index (κ2) is 7.88. The SMILES string of the molecule is c1ccc(CCCCCOc2ccc3c(c2)OCCC3)cc1. The molecule has 2 heteroatoms. The summed E-state index contributed by atoms with van der Waals surface area (Å²) >= 11 is 0. The Balaban J connectivity index is 1.35. The summed E-state index contributed by atoms with van der Waals surface area (Å²) in [6.45, 7) is 1.61. The topological polar surface area (TPSA) is 18.5 Å². The van der Waals surface area contributed by atoms with Gasteiger partial charge >= 0.3 is 0 Å². The number of rotatable bonds is 7. The van der Waals surface area contributed by atoms with Crippen LogP contribution in [-0.4, -0.2) is 13.2 Å². The molecule has 0 bridgehead atoms. The van der Waals surface area contributed by atoms with Gasteiger partial charge in [-0.1, -0.05) is 36.4 Å². The third-order valence-electron chi connectivity index (χ3n) is 4.11. The number of ether oxygens (including phenoxy) is 2. The Morgan fingerprint density at radius 3 is 2.77 bits per heavy atom. The van der Waals surface area contributed by atoms with Crippen LogP contribution in [0.2, 0.25) is 0 Å². The van der Waals surface area contributed by atoms with Crippen LogP contribution in [0.15, 0.2) is 48.5 Å². The van der Waals surface area contributed by atoms with Crippen LogP contribution in [0, 0.1) is 0 Å². The minimum absolute atomic E-state index is 0.785. The van der Waals surface area contributed by atoms with Gasteiger partial charge in [-0.3, -0.25) is 0 Å². The molecular formula is C20H24O2. The highest BCUT2D eigenvalue weighted by molar-refractivity contribution is 5.41. The quantitative estimate of drug-likeness (QED) is 0.683. The Morgan fingerprint density at radius 2 is 1.86 bits per heavy atom. The first-order valence-electron chi connectivity index (χ1n) is 8.34. The van der Waals surface area contributed by atoms with E-state index < -0.39 is 0 Å². The first-order valence-corrected chi connectivity index (χ1v) is 8.34. The Bertz CT molecular complexity index is 578. The number of fused-ring (bicyclic) bond motifs is 1. The summed E-state index contributed by atoms with van der Waals surface area (Å²) in [7, 11) is 0. The second-order valence-electron chi connectivity index (χ2n) is 5.87. The average molecular weight is 296 g/mol. The summed E-state index contributed by atoms with van der Waals surface area (Å²) in [5.74, 6) is 1.94. The van der Waals surface area contributed by atoms with Gasteiger partial charge in [0.2, 0.25) is 0 Å². The maximum Gasteiger partial charge on any atom is 0.126 e. The fourth-order valence-corrected chi connectivity index (χ4v) is 2.85. The van der Waals surface area contributed by atoms with E-state index in [1.165, 1.54) is 24.0 Å². The van der Waals surface area contributed by atoms with Crippen molar-refractivity contribution in [3.8, 4) is 11.5 Å². The molecule has 3 rings (SSSR count). The van der Waals surface area contributed by atoms with E-state index in [1.54, 1.807) is 0 Å². The van der Waals surface area contributed by atoms with Gasteiger partial charge in [-0.25, -0.2) is 0 Å². The van der Waals surface area contributed by atoms with Gasteiger partial charge in [0.05, 0.1) is 13.2 Å².